The van der Waals surface area contributed by atoms with Gasteiger partial charge in [-0.3, -0.25) is 14.9 Å². The highest BCUT2D eigenvalue weighted by Gasteiger charge is 2.29. The number of halogens is 3. The molecule has 0 saturated heterocycles. The predicted octanol–water partition coefficient (Wildman–Crippen LogP) is 3.53. The van der Waals surface area contributed by atoms with Crippen LogP contribution in [0, 0.1) is 10.1 Å². The molecule has 0 saturated carbocycles. The van der Waals surface area contributed by atoms with Crippen LogP contribution < -0.4 is 15.0 Å². The average Bonchev–Trinajstić information content (AvgIpc) is 2.63. The van der Waals surface area contributed by atoms with E-state index in [2.05, 4.69) is 10.1 Å². The first-order valence-electron chi connectivity index (χ1n) is 8.09. The van der Waals surface area contributed by atoms with Gasteiger partial charge in [0.2, 0.25) is 0 Å². The summed E-state index contributed by atoms with van der Waals surface area (Å²) in [6, 6.07) is 10.1. The van der Waals surface area contributed by atoms with Gasteiger partial charge < -0.3 is 15.0 Å². The molecule has 0 atom stereocenters. The third-order valence-electron chi connectivity index (χ3n) is 3.69. The highest BCUT2D eigenvalue weighted by atomic mass is 19.4. The number of nitro groups is 1. The van der Waals surface area contributed by atoms with E-state index in [-0.39, 0.29) is 17.9 Å². The lowest BCUT2D eigenvalue weighted by Crippen LogP contribution is -2.24. The number of nitro benzene ring substituents is 1. The van der Waals surface area contributed by atoms with Crippen LogP contribution in [-0.4, -0.2) is 37.7 Å². The van der Waals surface area contributed by atoms with Crippen LogP contribution in [0.2, 0.25) is 0 Å². The number of rotatable bonds is 7. The van der Waals surface area contributed by atoms with Gasteiger partial charge in [0.25, 0.3) is 11.6 Å². The number of carbonyl (C=O) groups excluding carboxylic acids is 1. The van der Waals surface area contributed by atoms with E-state index in [1.165, 1.54) is 0 Å². The first kappa shape index (κ1) is 21.0. The molecule has 1 N–H and O–H groups in total. The number of amides is 1. The molecule has 0 heterocycles. The molecule has 0 spiro atoms. The van der Waals surface area contributed by atoms with Gasteiger partial charge in [0.15, 0.2) is 6.61 Å². The highest BCUT2D eigenvalue weighted by Crippen LogP contribution is 2.26. The van der Waals surface area contributed by atoms with Crippen LogP contribution in [-0.2, 0) is 6.54 Å². The Morgan fingerprint density at radius 2 is 1.93 bits per heavy atom. The average molecular weight is 397 g/mol. The molecular formula is C18H18F3N3O4. The molecular weight excluding hydrogens is 379 g/mol. The lowest BCUT2D eigenvalue weighted by atomic mass is 10.1. The molecule has 28 heavy (non-hydrogen) atoms. The number of hydrogen-bond donors (Lipinski definition) is 1. The van der Waals surface area contributed by atoms with Gasteiger partial charge in [0, 0.05) is 32.4 Å². The van der Waals surface area contributed by atoms with Crippen LogP contribution in [0.3, 0.4) is 0 Å². The molecule has 0 fully saturated rings. The molecule has 0 bridgehead atoms. The molecule has 0 aromatic heterocycles. The molecule has 0 radical (unpaired) electrons. The van der Waals surface area contributed by atoms with E-state index >= 15 is 0 Å². The van der Waals surface area contributed by atoms with E-state index in [0.29, 0.717) is 0 Å². The van der Waals surface area contributed by atoms with Gasteiger partial charge in [-0.15, -0.1) is 0 Å². The largest absolute Gasteiger partial charge is 0.484 e. The van der Waals surface area contributed by atoms with Crippen molar-refractivity contribution in [3.63, 3.8) is 0 Å². The van der Waals surface area contributed by atoms with Crippen molar-refractivity contribution in [2.75, 3.05) is 25.6 Å². The molecule has 10 heteroatoms. The van der Waals surface area contributed by atoms with Gasteiger partial charge in [-0.25, -0.2) is 0 Å². The number of carbonyl (C=O) groups is 1. The van der Waals surface area contributed by atoms with Gasteiger partial charge in [-0.05, 0) is 29.8 Å². The topological polar surface area (TPSA) is 84.7 Å². The number of ether oxygens (including phenoxy) is 1. The van der Waals surface area contributed by atoms with Gasteiger partial charge in [0.1, 0.15) is 11.3 Å². The maximum Gasteiger partial charge on any atom is 0.422 e. The maximum atomic E-state index is 12.4. The van der Waals surface area contributed by atoms with Crippen molar-refractivity contribution < 1.29 is 27.6 Å². The van der Waals surface area contributed by atoms with Crippen LogP contribution in [0.5, 0.6) is 5.75 Å². The summed E-state index contributed by atoms with van der Waals surface area (Å²) < 4.78 is 41.4. The number of anilines is 1. The van der Waals surface area contributed by atoms with E-state index in [4.69, 9.17) is 0 Å². The van der Waals surface area contributed by atoms with Crippen molar-refractivity contribution in [3.05, 3.63) is 63.7 Å². The number of benzene rings is 2. The zero-order valence-electron chi connectivity index (χ0n) is 15.1. The summed E-state index contributed by atoms with van der Waals surface area (Å²) >= 11 is 0. The quantitative estimate of drug-likeness (QED) is 0.571. The fourth-order valence-corrected chi connectivity index (χ4v) is 2.33. The fourth-order valence-electron chi connectivity index (χ4n) is 2.33. The lowest BCUT2D eigenvalue weighted by molar-refractivity contribution is -0.385. The summed E-state index contributed by atoms with van der Waals surface area (Å²) in [5.74, 6) is -1.08. The Labute approximate surface area is 158 Å². The molecule has 0 aliphatic heterocycles. The first-order chi connectivity index (χ1) is 13.1. The zero-order valence-corrected chi connectivity index (χ0v) is 15.1. The van der Waals surface area contributed by atoms with Crippen molar-refractivity contribution in [1.82, 2.24) is 5.32 Å². The molecule has 2 rings (SSSR count). The summed E-state index contributed by atoms with van der Waals surface area (Å²) in [4.78, 5) is 24.6. The molecule has 2 aromatic carbocycles. The van der Waals surface area contributed by atoms with E-state index in [1.807, 2.05) is 31.1 Å². The normalized spacial score (nSPS) is 11.0. The Kier molecular flexibility index (Phi) is 6.45. The lowest BCUT2D eigenvalue weighted by Gasteiger charge is -2.14. The highest BCUT2D eigenvalue weighted by molar-refractivity contribution is 5.98. The summed E-state index contributed by atoms with van der Waals surface area (Å²) in [5.41, 5.74) is 0.749. The zero-order chi connectivity index (χ0) is 20.9. The minimum Gasteiger partial charge on any atom is -0.484 e. The molecule has 150 valence electrons. The standard InChI is InChI=1S/C18H18F3N3O4/c1-23(2)13-5-3-4-12(8-13)10-22-17(25)15-9-14(28-11-18(19,20)21)6-7-16(15)24(26)27/h3-9H,10-11H2,1-2H3,(H,22,25). The maximum absolute atomic E-state index is 12.4. The van der Waals surface area contributed by atoms with E-state index in [1.54, 1.807) is 12.1 Å². The SMILES string of the molecule is CN(C)c1cccc(CNC(=O)c2cc(OCC(F)(F)F)ccc2[N+](=O)[O-])c1. The van der Waals surface area contributed by atoms with Gasteiger partial charge in [-0.1, -0.05) is 12.1 Å². The Morgan fingerprint density at radius 3 is 2.54 bits per heavy atom. The Hall–Kier alpha value is -3.30. The minimum atomic E-state index is -4.57. The first-order valence-corrected chi connectivity index (χ1v) is 8.09. The van der Waals surface area contributed by atoms with E-state index in [0.717, 1.165) is 29.4 Å². The smallest absolute Gasteiger partial charge is 0.422 e. The molecule has 0 unspecified atom stereocenters. The number of alkyl halides is 3. The third kappa shape index (κ3) is 5.86. The van der Waals surface area contributed by atoms with Crippen molar-refractivity contribution >= 4 is 17.3 Å². The summed E-state index contributed by atoms with van der Waals surface area (Å²) in [5, 5.41) is 13.7. The number of hydrogen-bond acceptors (Lipinski definition) is 5. The van der Waals surface area contributed by atoms with Gasteiger partial charge >= 0.3 is 6.18 Å². The van der Waals surface area contributed by atoms with E-state index < -0.39 is 29.3 Å². The number of nitrogens with zero attached hydrogens (tertiary/aromatic N) is 2. The van der Waals surface area contributed by atoms with Crippen molar-refractivity contribution in [2.24, 2.45) is 0 Å². The van der Waals surface area contributed by atoms with Gasteiger partial charge in [-0.2, -0.15) is 13.2 Å². The summed E-state index contributed by atoms with van der Waals surface area (Å²) in [6.45, 7) is -1.48. The molecule has 0 aliphatic rings. The van der Waals surface area contributed by atoms with Crippen molar-refractivity contribution in [1.29, 1.82) is 0 Å². The fraction of sp³-hybridized carbons (Fsp3) is 0.278. The Bertz CT molecular complexity index is 869. The van der Waals surface area contributed by atoms with Crippen molar-refractivity contribution in [3.8, 4) is 5.75 Å². The summed E-state index contributed by atoms with van der Waals surface area (Å²) in [6.07, 6.45) is -4.57. The minimum absolute atomic E-state index is 0.0886. The van der Waals surface area contributed by atoms with Crippen LogP contribution >= 0.6 is 0 Å². The molecule has 7 nitrogen and oxygen atoms in total. The predicted molar refractivity (Wildman–Crippen MR) is 96.6 cm³/mol. The van der Waals surface area contributed by atoms with Crippen LogP contribution in [0.1, 0.15) is 15.9 Å². The summed E-state index contributed by atoms with van der Waals surface area (Å²) in [7, 11) is 3.71. The van der Waals surface area contributed by atoms with Crippen LogP contribution in [0.4, 0.5) is 24.5 Å². The molecule has 2 aromatic rings. The van der Waals surface area contributed by atoms with E-state index in [9.17, 15) is 28.1 Å². The third-order valence-corrected chi connectivity index (χ3v) is 3.69. The molecule has 0 aliphatic carbocycles. The Balaban J connectivity index is 2.18. The van der Waals surface area contributed by atoms with Crippen LogP contribution in [0.15, 0.2) is 42.5 Å². The Morgan fingerprint density at radius 1 is 1.21 bits per heavy atom. The monoisotopic (exact) mass is 397 g/mol. The number of nitrogens with one attached hydrogen (secondary N) is 1. The molecule has 1 amide bonds. The van der Waals surface area contributed by atoms with Gasteiger partial charge in [0.05, 0.1) is 4.92 Å². The van der Waals surface area contributed by atoms with Crippen molar-refractivity contribution in [2.45, 2.75) is 12.7 Å². The second-order valence-electron chi connectivity index (χ2n) is 6.09. The van der Waals surface area contributed by atoms with Crippen LogP contribution in [0.25, 0.3) is 0 Å². The second-order valence-corrected chi connectivity index (χ2v) is 6.09. The second kappa shape index (κ2) is 8.59.